The minimum atomic E-state index is -0.133. The highest BCUT2D eigenvalue weighted by atomic mass is 32.2. The summed E-state index contributed by atoms with van der Waals surface area (Å²) in [6, 6.07) is 0. The molecule has 0 spiro atoms. The van der Waals surface area contributed by atoms with Crippen LogP contribution in [0.25, 0.3) is 0 Å². The number of hydrogen-bond donors (Lipinski definition) is 2. The first kappa shape index (κ1) is 10.4. The molecule has 0 aromatic carbocycles. The van der Waals surface area contributed by atoms with Gasteiger partial charge in [-0.05, 0) is 0 Å². The summed E-state index contributed by atoms with van der Waals surface area (Å²) in [6.07, 6.45) is 0. The van der Waals surface area contributed by atoms with Crippen molar-refractivity contribution < 1.29 is 4.79 Å². The summed E-state index contributed by atoms with van der Waals surface area (Å²) in [5, 5.41) is 10.7. The van der Waals surface area contributed by atoms with Gasteiger partial charge >= 0.3 is 0 Å². The van der Waals surface area contributed by atoms with Crippen LogP contribution in [0.4, 0.5) is 5.13 Å². The molecule has 0 aliphatic carbocycles. The summed E-state index contributed by atoms with van der Waals surface area (Å²) < 4.78 is 0.828. The zero-order valence-corrected chi connectivity index (χ0v) is 8.74. The summed E-state index contributed by atoms with van der Waals surface area (Å²) in [5.74, 6) is 0.681. The van der Waals surface area contributed by atoms with Gasteiger partial charge in [0.25, 0.3) is 0 Å². The molecule has 72 valence electrons. The minimum Gasteiger partial charge on any atom is -0.330 e. The third-order valence-corrected chi connectivity index (χ3v) is 3.04. The Kier molecular flexibility index (Phi) is 4.13. The average Bonchev–Trinajstić information content (AvgIpc) is 2.48. The molecule has 1 amide bonds. The molecule has 7 heteroatoms. The van der Waals surface area contributed by atoms with Crippen molar-refractivity contribution in [3.63, 3.8) is 0 Å². The second-order valence-corrected chi connectivity index (χ2v) is 4.51. The van der Waals surface area contributed by atoms with E-state index in [-0.39, 0.29) is 5.91 Å². The summed E-state index contributed by atoms with van der Waals surface area (Å²) >= 11 is 2.89. The van der Waals surface area contributed by atoms with E-state index >= 15 is 0 Å². The molecule has 1 rings (SSSR count). The van der Waals surface area contributed by atoms with E-state index in [9.17, 15) is 4.79 Å². The molecule has 0 unspecified atom stereocenters. The Hall–Kier alpha value is -0.660. The molecule has 5 nitrogen and oxygen atoms in total. The van der Waals surface area contributed by atoms with E-state index in [1.807, 2.05) is 0 Å². The van der Waals surface area contributed by atoms with Crippen LogP contribution >= 0.6 is 23.1 Å². The molecule has 3 N–H and O–H groups in total. The maximum Gasteiger partial charge on any atom is 0.223 e. The molecule has 13 heavy (non-hydrogen) atoms. The number of nitrogens with two attached hydrogens (primary N) is 1. The Morgan fingerprint density at radius 3 is 3.08 bits per heavy atom. The second-order valence-electron chi connectivity index (χ2n) is 2.19. The quantitative estimate of drug-likeness (QED) is 0.569. The lowest BCUT2D eigenvalue weighted by atomic mass is 10.7. The van der Waals surface area contributed by atoms with Crippen molar-refractivity contribution in [2.45, 2.75) is 11.3 Å². The molecular weight excluding hydrogens is 208 g/mol. The van der Waals surface area contributed by atoms with Gasteiger partial charge in [0, 0.05) is 19.2 Å². The monoisotopic (exact) mass is 218 g/mol. The van der Waals surface area contributed by atoms with Gasteiger partial charge in [-0.25, -0.2) is 0 Å². The van der Waals surface area contributed by atoms with Crippen molar-refractivity contribution in [2.75, 3.05) is 17.6 Å². The van der Waals surface area contributed by atoms with Crippen molar-refractivity contribution in [3.05, 3.63) is 0 Å². The fourth-order valence-corrected chi connectivity index (χ4v) is 2.25. The SMILES string of the molecule is CC(=O)Nc1nnc(SCCN)s1. The minimum absolute atomic E-state index is 0.133. The molecule has 0 fully saturated rings. The van der Waals surface area contributed by atoms with Gasteiger partial charge in [0.05, 0.1) is 0 Å². The van der Waals surface area contributed by atoms with Crippen molar-refractivity contribution in [1.29, 1.82) is 0 Å². The largest absolute Gasteiger partial charge is 0.330 e. The van der Waals surface area contributed by atoms with Crippen LogP contribution < -0.4 is 11.1 Å². The number of carbonyl (C=O) groups excluding carboxylic acids is 1. The second kappa shape index (κ2) is 5.15. The highest BCUT2D eigenvalue weighted by molar-refractivity contribution is 8.01. The van der Waals surface area contributed by atoms with Gasteiger partial charge in [0.2, 0.25) is 11.0 Å². The normalized spacial score (nSPS) is 10.0. The highest BCUT2D eigenvalue weighted by Crippen LogP contribution is 2.24. The first-order valence-electron chi connectivity index (χ1n) is 3.66. The van der Waals surface area contributed by atoms with Crippen molar-refractivity contribution in [3.8, 4) is 0 Å². The Bertz CT molecular complexity index is 288. The van der Waals surface area contributed by atoms with E-state index in [2.05, 4.69) is 15.5 Å². The topological polar surface area (TPSA) is 80.9 Å². The van der Waals surface area contributed by atoms with E-state index in [1.54, 1.807) is 0 Å². The molecule has 0 saturated carbocycles. The summed E-state index contributed by atoms with van der Waals surface area (Å²) in [5.41, 5.74) is 5.33. The molecule has 0 bridgehead atoms. The van der Waals surface area contributed by atoms with Crippen molar-refractivity contribution in [2.24, 2.45) is 5.73 Å². The molecule has 0 aliphatic rings. The third kappa shape index (κ3) is 3.71. The van der Waals surface area contributed by atoms with Crippen LogP contribution in [0.2, 0.25) is 0 Å². The predicted octanol–water partition coefficient (Wildman–Crippen LogP) is 0.547. The zero-order valence-electron chi connectivity index (χ0n) is 7.11. The molecule has 0 radical (unpaired) electrons. The molecular formula is C6H10N4OS2. The molecule has 0 saturated heterocycles. The first-order chi connectivity index (χ1) is 6.22. The number of thioether (sulfide) groups is 1. The summed E-state index contributed by atoms with van der Waals surface area (Å²) in [6.45, 7) is 2.05. The maximum absolute atomic E-state index is 10.6. The number of nitrogens with zero attached hydrogens (tertiary/aromatic N) is 2. The van der Waals surface area contributed by atoms with Gasteiger partial charge in [-0.15, -0.1) is 10.2 Å². The van der Waals surface area contributed by atoms with Crippen LogP contribution in [0, 0.1) is 0 Å². The Morgan fingerprint density at radius 1 is 1.69 bits per heavy atom. The molecule has 1 aromatic rings. The zero-order chi connectivity index (χ0) is 9.68. The fraction of sp³-hybridized carbons (Fsp3) is 0.500. The van der Waals surface area contributed by atoms with Crippen LogP contribution in [0.15, 0.2) is 4.34 Å². The predicted molar refractivity (Wildman–Crippen MR) is 54.0 cm³/mol. The van der Waals surface area contributed by atoms with Gasteiger partial charge in [-0.2, -0.15) is 0 Å². The van der Waals surface area contributed by atoms with Crippen molar-refractivity contribution in [1.82, 2.24) is 10.2 Å². The Morgan fingerprint density at radius 2 is 2.46 bits per heavy atom. The van der Waals surface area contributed by atoms with Crippen LogP contribution in [0.3, 0.4) is 0 Å². The third-order valence-electron chi connectivity index (χ3n) is 1.03. The average molecular weight is 218 g/mol. The standard InChI is InChI=1S/C6H10N4OS2/c1-4(11)8-5-9-10-6(13-5)12-3-2-7/h2-3,7H2,1H3,(H,8,9,11). The Balaban J connectivity index is 2.48. The van der Waals surface area contributed by atoms with E-state index in [0.29, 0.717) is 11.7 Å². The van der Waals surface area contributed by atoms with Gasteiger partial charge in [0.15, 0.2) is 4.34 Å². The molecule has 1 heterocycles. The summed E-state index contributed by atoms with van der Waals surface area (Å²) in [4.78, 5) is 10.6. The van der Waals surface area contributed by atoms with Gasteiger partial charge in [-0.1, -0.05) is 23.1 Å². The Labute approximate surface area is 84.1 Å². The smallest absolute Gasteiger partial charge is 0.223 e. The number of aromatic nitrogens is 2. The van der Waals surface area contributed by atoms with Gasteiger partial charge in [0.1, 0.15) is 0 Å². The fourth-order valence-electron chi connectivity index (χ4n) is 0.615. The summed E-state index contributed by atoms with van der Waals surface area (Å²) in [7, 11) is 0. The molecule has 0 atom stereocenters. The first-order valence-corrected chi connectivity index (χ1v) is 5.46. The highest BCUT2D eigenvalue weighted by Gasteiger charge is 2.04. The van der Waals surface area contributed by atoms with Crippen LogP contribution in [-0.4, -0.2) is 28.4 Å². The van der Waals surface area contributed by atoms with Crippen LogP contribution in [0.1, 0.15) is 6.92 Å². The van der Waals surface area contributed by atoms with E-state index in [1.165, 1.54) is 30.0 Å². The lowest BCUT2D eigenvalue weighted by molar-refractivity contribution is -0.114. The maximum atomic E-state index is 10.6. The van der Waals surface area contributed by atoms with E-state index in [0.717, 1.165) is 10.1 Å². The van der Waals surface area contributed by atoms with Crippen LogP contribution in [-0.2, 0) is 4.79 Å². The molecule has 0 aliphatic heterocycles. The number of anilines is 1. The van der Waals surface area contributed by atoms with Crippen LogP contribution in [0.5, 0.6) is 0 Å². The number of amides is 1. The van der Waals surface area contributed by atoms with Gasteiger partial charge < -0.3 is 11.1 Å². The van der Waals surface area contributed by atoms with Gasteiger partial charge in [-0.3, -0.25) is 4.79 Å². The number of rotatable bonds is 4. The number of hydrogen-bond acceptors (Lipinski definition) is 6. The number of carbonyl (C=O) groups is 1. The van der Waals surface area contributed by atoms with Crippen molar-refractivity contribution >= 4 is 34.1 Å². The number of nitrogens with one attached hydrogen (secondary N) is 1. The lowest BCUT2D eigenvalue weighted by Crippen LogP contribution is -2.04. The lowest BCUT2D eigenvalue weighted by Gasteiger charge is -1.91. The van der Waals surface area contributed by atoms with E-state index in [4.69, 9.17) is 5.73 Å². The molecule has 1 aromatic heterocycles. The van der Waals surface area contributed by atoms with E-state index < -0.39 is 0 Å².